The molecular weight excluding hydrogens is 184 g/mol. The molecule has 0 aromatic heterocycles. The second-order valence-electron chi connectivity index (χ2n) is 5.37. The van der Waals surface area contributed by atoms with E-state index in [0.717, 1.165) is 12.0 Å². The summed E-state index contributed by atoms with van der Waals surface area (Å²) in [5, 5.41) is 3.73. The molecule has 1 heterocycles. The lowest BCUT2D eigenvalue weighted by Crippen LogP contribution is -2.33. The van der Waals surface area contributed by atoms with Crippen LogP contribution in [0.5, 0.6) is 0 Å². The Bertz CT molecular complexity index is 175. The van der Waals surface area contributed by atoms with E-state index in [9.17, 15) is 0 Å². The van der Waals surface area contributed by atoms with E-state index in [4.69, 9.17) is 0 Å². The number of likely N-dealkylation sites (tertiary alicyclic amines) is 1. The molecule has 2 rings (SSSR count). The summed E-state index contributed by atoms with van der Waals surface area (Å²) in [5.74, 6) is 0.914. The van der Waals surface area contributed by atoms with Crippen LogP contribution in [-0.4, -0.2) is 37.1 Å². The van der Waals surface area contributed by atoms with Crippen molar-refractivity contribution in [3.05, 3.63) is 0 Å². The molecule has 2 aliphatic rings. The van der Waals surface area contributed by atoms with Crippen molar-refractivity contribution in [1.82, 2.24) is 10.2 Å². The van der Waals surface area contributed by atoms with Crippen LogP contribution in [0.25, 0.3) is 0 Å². The first-order valence-corrected chi connectivity index (χ1v) is 6.82. The predicted molar refractivity (Wildman–Crippen MR) is 65.1 cm³/mol. The van der Waals surface area contributed by atoms with Crippen LogP contribution in [0.4, 0.5) is 0 Å². The lowest BCUT2D eigenvalue weighted by atomic mass is 10.1. The molecule has 1 aliphatic heterocycles. The van der Waals surface area contributed by atoms with Crippen LogP contribution in [0, 0.1) is 5.92 Å². The Kier molecular flexibility index (Phi) is 4.45. The number of nitrogens with zero attached hydrogens (tertiary/aromatic N) is 1. The molecule has 2 nitrogen and oxygen atoms in total. The molecule has 0 aromatic carbocycles. The van der Waals surface area contributed by atoms with Gasteiger partial charge in [-0.25, -0.2) is 0 Å². The van der Waals surface area contributed by atoms with E-state index < -0.39 is 0 Å². The first-order valence-electron chi connectivity index (χ1n) is 6.82. The quantitative estimate of drug-likeness (QED) is 0.700. The summed E-state index contributed by atoms with van der Waals surface area (Å²) in [7, 11) is 0. The lowest BCUT2D eigenvalue weighted by molar-refractivity contribution is 0.322. The van der Waals surface area contributed by atoms with Crippen LogP contribution in [-0.2, 0) is 0 Å². The van der Waals surface area contributed by atoms with Gasteiger partial charge in [-0.15, -0.1) is 0 Å². The Hall–Kier alpha value is -0.0800. The van der Waals surface area contributed by atoms with E-state index in [1.165, 1.54) is 64.7 Å². The second-order valence-corrected chi connectivity index (χ2v) is 5.37. The van der Waals surface area contributed by atoms with E-state index in [1.807, 2.05) is 0 Å². The van der Waals surface area contributed by atoms with Crippen LogP contribution in [0.3, 0.4) is 0 Å². The first-order chi connectivity index (χ1) is 7.36. The van der Waals surface area contributed by atoms with E-state index in [2.05, 4.69) is 17.1 Å². The minimum Gasteiger partial charge on any atom is -0.314 e. The predicted octanol–water partition coefficient (Wildman–Crippen LogP) is 2.25. The Labute approximate surface area is 94.4 Å². The third-order valence-corrected chi connectivity index (χ3v) is 4.12. The van der Waals surface area contributed by atoms with Crippen molar-refractivity contribution in [1.29, 1.82) is 0 Å². The van der Waals surface area contributed by atoms with Crippen molar-refractivity contribution in [2.75, 3.05) is 26.2 Å². The highest BCUT2D eigenvalue weighted by atomic mass is 15.1. The third kappa shape index (κ3) is 3.46. The van der Waals surface area contributed by atoms with Gasteiger partial charge in [0.1, 0.15) is 0 Å². The average molecular weight is 210 g/mol. The SMILES string of the molecule is CC1CCCC1NCCCN1CCCC1. The van der Waals surface area contributed by atoms with Crippen LogP contribution < -0.4 is 5.32 Å². The van der Waals surface area contributed by atoms with Crippen LogP contribution in [0.15, 0.2) is 0 Å². The molecule has 0 spiro atoms. The van der Waals surface area contributed by atoms with Crippen molar-refractivity contribution in [2.24, 2.45) is 5.92 Å². The highest BCUT2D eigenvalue weighted by molar-refractivity contribution is 4.80. The van der Waals surface area contributed by atoms with Crippen molar-refractivity contribution in [3.8, 4) is 0 Å². The number of rotatable bonds is 5. The van der Waals surface area contributed by atoms with Gasteiger partial charge in [0.15, 0.2) is 0 Å². The van der Waals surface area contributed by atoms with Crippen molar-refractivity contribution >= 4 is 0 Å². The van der Waals surface area contributed by atoms with Gasteiger partial charge in [-0.1, -0.05) is 13.3 Å². The van der Waals surface area contributed by atoms with E-state index >= 15 is 0 Å². The monoisotopic (exact) mass is 210 g/mol. The fourth-order valence-electron chi connectivity index (χ4n) is 3.05. The summed E-state index contributed by atoms with van der Waals surface area (Å²) in [6.45, 7) is 7.63. The first kappa shape index (κ1) is 11.4. The smallest absolute Gasteiger partial charge is 0.00927 e. The van der Waals surface area contributed by atoms with E-state index in [0.29, 0.717) is 0 Å². The van der Waals surface area contributed by atoms with Gasteiger partial charge in [-0.05, 0) is 64.2 Å². The summed E-state index contributed by atoms with van der Waals surface area (Å²) in [6, 6.07) is 0.823. The highest BCUT2D eigenvalue weighted by Crippen LogP contribution is 2.24. The molecule has 2 heteroatoms. The van der Waals surface area contributed by atoms with Gasteiger partial charge in [0.05, 0.1) is 0 Å². The van der Waals surface area contributed by atoms with Crippen molar-refractivity contribution < 1.29 is 0 Å². The number of hydrogen-bond acceptors (Lipinski definition) is 2. The molecule has 0 aromatic rings. The van der Waals surface area contributed by atoms with Gasteiger partial charge >= 0.3 is 0 Å². The van der Waals surface area contributed by atoms with E-state index in [-0.39, 0.29) is 0 Å². The minimum absolute atomic E-state index is 0.823. The van der Waals surface area contributed by atoms with Gasteiger partial charge < -0.3 is 10.2 Å². The maximum Gasteiger partial charge on any atom is 0.00927 e. The molecule has 1 saturated heterocycles. The molecule has 1 N–H and O–H groups in total. The van der Waals surface area contributed by atoms with E-state index in [1.54, 1.807) is 0 Å². The maximum absolute atomic E-state index is 3.73. The molecule has 2 atom stereocenters. The average Bonchev–Trinajstić information content (AvgIpc) is 2.85. The molecule has 88 valence electrons. The zero-order chi connectivity index (χ0) is 10.5. The topological polar surface area (TPSA) is 15.3 Å². The number of nitrogens with one attached hydrogen (secondary N) is 1. The Morgan fingerprint density at radius 2 is 1.93 bits per heavy atom. The molecular formula is C13H26N2. The van der Waals surface area contributed by atoms with Gasteiger partial charge in [0.2, 0.25) is 0 Å². The molecule has 0 radical (unpaired) electrons. The summed E-state index contributed by atoms with van der Waals surface area (Å²) >= 11 is 0. The Morgan fingerprint density at radius 1 is 1.13 bits per heavy atom. The van der Waals surface area contributed by atoms with Crippen molar-refractivity contribution in [2.45, 2.75) is 51.5 Å². The van der Waals surface area contributed by atoms with Crippen molar-refractivity contribution in [3.63, 3.8) is 0 Å². The molecule has 0 amide bonds. The summed E-state index contributed by atoms with van der Waals surface area (Å²) in [6.07, 6.45) is 8.46. The molecule has 2 unspecified atom stereocenters. The Morgan fingerprint density at radius 3 is 2.60 bits per heavy atom. The van der Waals surface area contributed by atoms with Gasteiger partial charge in [0.25, 0.3) is 0 Å². The Balaban J connectivity index is 1.51. The van der Waals surface area contributed by atoms with Crippen LogP contribution in [0.1, 0.15) is 45.4 Å². The minimum atomic E-state index is 0.823. The molecule has 0 bridgehead atoms. The number of hydrogen-bond donors (Lipinski definition) is 1. The maximum atomic E-state index is 3.73. The van der Waals surface area contributed by atoms with Gasteiger partial charge in [0, 0.05) is 6.04 Å². The molecule has 1 aliphatic carbocycles. The second kappa shape index (κ2) is 5.86. The summed E-state index contributed by atoms with van der Waals surface area (Å²) in [5.41, 5.74) is 0. The fourth-order valence-corrected chi connectivity index (χ4v) is 3.05. The highest BCUT2D eigenvalue weighted by Gasteiger charge is 2.22. The largest absolute Gasteiger partial charge is 0.314 e. The zero-order valence-corrected chi connectivity index (χ0v) is 10.2. The molecule has 2 fully saturated rings. The molecule has 1 saturated carbocycles. The van der Waals surface area contributed by atoms with Crippen LogP contribution >= 0.6 is 0 Å². The third-order valence-electron chi connectivity index (χ3n) is 4.12. The zero-order valence-electron chi connectivity index (χ0n) is 10.2. The van der Waals surface area contributed by atoms with Gasteiger partial charge in [-0.3, -0.25) is 0 Å². The standard InChI is InChI=1S/C13H26N2/c1-12-6-4-7-13(12)14-8-5-11-15-9-2-3-10-15/h12-14H,2-11H2,1H3. The lowest BCUT2D eigenvalue weighted by Gasteiger charge is -2.19. The fraction of sp³-hybridized carbons (Fsp3) is 1.00. The van der Waals surface area contributed by atoms with Gasteiger partial charge in [-0.2, -0.15) is 0 Å². The summed E-state index contributed by atoms with van der Waals surface area (Å²) in [4.78, 5) is 2.61. The normalized spacial score (nSPS) is 32.6. The van der Waals surface area contributed by atoms with Crippen LogP contribution in [0.2, 0.25) is 0 Å². The summed E-state index contributed by atoms with van der Waals surface area (Å²) < 4.78 is 0. The molecule has 15 heavy (non-hydrogen) atoms.